The number of H-pyrrole nitrogens is 1. The number of fused-ring (bicyclic) bond motifs is 1. The number of nitriles is 1. The van der Waals surface area contributed by atoms with E-state index >= 15 is 0 Å². The molecule has 0 spiro atoms. The molecule has 0 aliphatic carbocycles. The van der Waals surface area contributed by atoms with E-state index in [4.69, 9.17) is 5.26 Å². The highest BCUT2D eigenvalue weighted by molar-refractivity contribution is 5.94. The van der Waals surface area contributed by atoms with Crippen LogP contribution in [0, 0.1) is 24.1 Å². The Labute approximate surface area is 165 Å². The zero-order valence-corrected chi connectivity index (χ0v) is 15.6. The maximum Gasteiger partial charge on any atom is 0.253 e. The molecule has 0 saturated heterocycles. The molecule has 3 aromatic heterocycles. The van der Waals surface area contributed by atoms with Gasteiger partial charge in [0.15, 0.2) is 0 Å². The molecule has 2 N–H and O–H groups in total. The number of carbonyl (C=O) groups excluding carboxylic acids is 1. The molecule has 1 aromatic carbocycles. The van der Waals surface area contributed by atoms with E-state index in [9.17, 15) is 9.18 Å². The Bertz CT molecular complexity index is 1250. The number of nitrogens with one attached hydrogen (secondary N) is 2. The summed E-state index contributed by atoms with van der Waals surface area (Å²) >= 11 is 0. The molecule has 0 unspecified atom stereocenters. The Balaban J connectivity index is 1.47. The summed E-state index contributed by atoms with van der Waals surface area (Å²) in [4.78, 5) is 19.6. The molecular weight excluding hydrogens is 371 g/mol. The third kappa shape index (κ3) is 3.84. The molecule has 8 heteroatoms. The van der Waals surface area contributed by atoms with E-state index in [0.717, 1.165) is 22.0 Å². The summed E-state index contributed by atoms with van der Waals surface area (Å²) < 4.78 is 15.9. The maximum atomic E-state index is 14.3. The van der Waals surface area contributed by atoms with Crippen molar-refractivity contribution in [1.29, 1.82) is 5.26 Å². The van der Waals surface area contributed by atoms with Crippen molar-refractivity contribution in [3.05, 3.63) is 82.8 Å². The van der Waals surface area contributed by atoms with Gasteiger partial charge in [0.2, 0.25) is 0 Å². The maximum absolute atomic E-state index is 14.3. The Kier molecular flexibility index (Phi) is 4.79. The molecular formula is C21H17FN6O. The Morgan fingerprint density at radius 1 is 1.31 bits per heavy atom. The van der Waals surface area contributed by atoms with Crippen molar-refractivity contribution in [2.24, 2.45) is 0 Å². The van der Waals surface area contributed by atoms with Gasteiger partial charge in [-0.2, -0.15) is 10.4 Å². The number of aromatic nitrogens is 4. The van der Waals surface area contributed by atoms with Crippen LogP contribution in [-0.2, 0) is 13.1 Å². The van der Waals surface area contributed by atoms with Crippen LogP contribution in [0.15, 0.2) is 49.2 Å². The van der Waals surface area contributed by atoms with Crippen molar-refractivity contribution in [1.82, 2.24) is 25.1 Å². The number of aryl methyl sites for hydroxylation is 1. The smallest absolute Gasteiger partial charge is 0.253 e. The van der Waals surface area contributed by atoms with E-state index in [0.29, 0.717) is 23.2 Å². The summed E-state index contributed by atoms with van der Waals surface area (Å²) in [6, 6.07) is 6.90. The van der Waals surface area contributed by atoms with Crippen molar-refractivity contribution in [3.63, 3.8) is 0 Å². The number of halogens is 1. The average molecular weight is 388 g/mol. The third-order valence-electron chi connectivity index (χ3n) is 4.66. The summed E-state index contributed by atoms with van der Waals surface area (Å²) in [5, 5.41) is 16.6. The molecule has 144 valence electrons. The second-order valence-electron chi connectivity index (χ2n) is 6.76. The molecule has 0 fully saturated rings. The van der Waals surface area contributed by atoms with Crippen LogP contribution in [0.25, 0.3) is 10.9 Å². The number of nitrogens with zero attached hydrogens (tertiary/aromatic N) is 4. The second-order valence-corrected chi connectivity index (χ2v) is 6.76. The van der Waals surface area contributed by atoms with E-state index in [-0.39, 0.29) is 18.3 Å². The van der Waals surface area contributed by atoms with E-state index < -0.39 is 0 Å². The van der Waals surface area contributed by atoms with Gasteiger partial charge in [0.05, 0.1) is 23.9 Å². The number of rotatable bonds is 5. The summed E-state index contributed by atoms with van der Waals surface area (Å²) in [5.74, 6) is -0.721. The predicted molar refractivity (Wildman–Crippen MR) is 104 cm³/mol. The fourth-order valence-corrected chi connectivity index (χ4v) is 3.13. The molecule has 0 saturated carbocycles. The van der Waals surface area contributed by atoms with Crippen molar-refractivity contribution in [3.8, 4) is 6.07 Å². The van der Waals surface area contributed by atoms with Crippen LogP contribution in [0.3, 0.4) is 0 Å². The van der Waals surface area contributed by atoms with Gasteiger partial charge in [-0.15, -0.1) is 0 Å². The largest absolute Gasteiger partial charge is 0.361 e. The van der Waals surface area contributed by atoms with Gasteiger partial charge in [-0.3, -0.25) is 14.5 Å². The van der Waals surface area contributed by atoms with Gasteiger partial charge in [0.25, 0.3) is 5.91 Å². The molecule has 3 heterocycles. The number of amides is 1. The Morgan fingerprint density at radius 2 is 2.17 bits per heavy atom. The zero-order valence-electron chi connectivity index (χ0n) is 15.6. The van der Waals surface area contributed by atoms with E-state index in [2.05, 4.69) is 20.4 Å². The minimum atomic E-state index is -0.376. The van der Waals surface area contributed by atoms with Gasteiger partial charge in [-0.05, 0) is 36.2 Å². The number of aromatic amines is 1. The normalized spacial score (nSPS) is 10.8. The Morgan fingerprint density at radius 3 is 2.97 bits per heavy atom. The first kappa shape index (κ1) is 18.4. The first-order chi connectivity index (χ1) is 14.0. The molecule has 0 aliphatic rings. The summed E-state index contributed by atoms with van der Waals surface area (Å²) in [5.41, 5.74) is 3.75. The molecule has 1 amide bonds. The van der Waals surface area contributed by atoms with Gasteiger partial charge in [0.1, 0.15) is 11.9 Å². The fourth-order valence-electron chi connectivity index (χ4n) is 3.13. The van der Waals surface area contributed by atoms with Crippen molar-refractivity contribution < 1.29 is 9.18 Å². The highest BCUT2D eigenvalue weighted by atomic mass is 19.1. The molecule has 0 radical (unpaired) electrons. The zero-order chi connectivity index (χ0) is 20.4. The minimum Gasteiger partial charge on any atom is -0.361 e. The van der Waals surface area contributed by atoms with E-state index in [1.54, 1.807) is 29.2 Å². The minimum absolute atomic E-state index is 0.0696. The average Bonchev–Trinajstić information content (AvgIpc) is 3.32. The lowest BCUT2D eigenvalue weighted by Gasteiger charge is -2.08. The standard InChI is InChI=1S/C21H17FN6O/c1-13-6-25-20-4-19(22)16(3-18(13)20)10-26-21(29)17-2-14(7-24-9-17)11-28-12-15(5-23)8-27-28/h2-4,6-9,12,25H,10-11H2,1H3,(H,26,29). The number of benzene rings is 1. The molecule has 0 atom stereocenters. The van der Waals surface area contributed by atoms with Gasteiger partial charge in [-0.25, -0.2) is 4.39 Å². The van der Waals surface area contributed by atoms with Crippen LogP contribution in [0.5, 0.6) is 0 Å². The van der Waals surface area contributed by atoms with Crippen LogP contribution >= 0.6 is 0 Å². The first-order valence-electron chi connectivity index (χ1n) is 8.94. The molecule has 0 aliphatic heterocycles. The lowest BCUT2D eigenvalue weighted by molar-refractivity contribution is 0.0950. The van der Waals surface area contributed by atoms with E-state index in [1.807, 2.05) is 19.2 Å². The van der Waals surface area contributed by atoms with Crippen LogP contribution in [-0.4, -0.2) is 25.7 Å². The summed E-state index contributed by atoms with van der Waals surface area (Å²) in [6.45, 7) is 2.39. The number of hydrogen-bond acceptors (Lipinski definition) is 4. The summed E-state index contributed by atoms with van der Waals surface area (Å²) in [7, 11) is 0. The van der Waals surface area contributed by atoms with Crippen molar-refractivity contribution >= 4 is 16.8 Å². The van der Waals surface area contributed by atoms with E-state index in [1.165, 1.54) is 18.5 Å². The van der Waals surface area contributed by atoms with Crippen LogP contribution in [0.2, 0.25) is 0 Å². The number of hydrogen-bond donors (Lipinski definition) is 2. The summed E-state index contributed by atoms with van der Waals surface area (Å²) in [6.07, 6.45) is 8.00. The predicted octanol–water partition coefficient (Wildman–Crippen LogP) is 3.06. The van der Waals surface area contributed by atoms with Crippen molar-refractivity contribution in [2.75, 3.05) is 0 Å². The van der Waals surface area contributed by atoms with Crippen LogP contribution in [0.1, 0.15) is 32.6 Å². The number of pyridine rings is 1. The Hall–Kier alpha value is -3.99. The lowest BCUT2D eigenvalue weighted by Crippen LogP contribution is -2.23. The SMILES string of the molecule is Cc1c[nH]c2cc(F)c(CNC(=O)c3cncc(Cn4cc(C#N)cn4)c3)cc12. The van der Waals surface area contributed by atoms with Crippen LogP contribution in [0.4, 0.5) is 4.39 Å². The molecule has 4 rings (SSSR count). The molecule has 0 bridgehead atoms. The van der Waals surface area contributed by atoms with Gasteiger partial charge >= 0.3 is 0 Å². The monoisotopic (exact) mass is 388 g/mol. The first-order valence-corrected chi connectivity index (χ1v) is 8.94. The molecule has 4 aromatic rings. The fraction of sp³-hybridized carbons (Fsp3) is 0.143. The molecule has 7 nitrogen and oxygen atoms in total. The van der Waals surface area contributed by atoms with Gasteiger partial charge < -0.3 is 10.3 Å². The topological polar surface area (TPSA) is 99.4 Å². The highest BCUT2D eigenvalue weighted by Gasteiger charge is 2.11. The lowest BCUT2D eigenvalue weighted by atomic mass is 10.1. The van der Waals surface area contributed by atoms with Gasteiger partial charge in [-0.1, -0.05) is 0 Å². The van der Waals surface area contributed by atoms with Crippen LogP contribution < -0.4 is 5.32 Å². The van der Waals surface area contributed by atoms with Gasteiger partial charge in [0, 0.05) is 47.8 Å². The second kappa shape index (κ2) is 7.56. The number of carbonyl (C=O) groups is 1. The third-order valence-corrected chi connectivity index (χ3v) is 4.66. The molecule has 29 heavy (non-hydrogen) atoms. The quantitative estimate of drug-likeness (QED) is 0.549. The van der Waals surface area contributed by atoms with Crippen molar-refractivity contribution in [2.45, 2.75) is 20.0 Å². The highest BCUT2D eigenvalue weighted by Crippen LogP contribution is 2.21.